The fraction of sp³-hybridized carbons (Fsp3) is 0.0769. The standard InChI is InChI=1S/C26H19N5O2/c1-17-10-12-19(13-11-17)33-25-20(26(32)31-14-6-5-9-23(31)29-25)15-18(16-27)24-28-21-7-3-4-8-22(21)30(24)2/h3-15H,1-2H3/b18-15+. The number of para-hydroxylation sites is 2. The van der Waals surface area contributed by atoms with Gasteiger partial charge in [0.2, 0.25) is 5.88 Å². The summed E-state index contributed by atoms with van der Waals surface area (Å²) in [6.07, 6.45) is 3.14. The van der Waals surface area contributed by atoms with Crippen LogP contribution < -0.4 is 10.3 Å². The van der Waals surface area contributed by atoms with Crippen molar-refractivity contribution >= 4 is 28.3 Å². The minimum Gasteiger partial charge on any atom is -0.438 e. The zero-order chi connectivity index (χ0) is 22.9. The second-order valence-electron chi connectivity index (χ2n) is 7.63. The first kappa shape index (κ1) is 20.2. The van der Waals surface area contributed by atoms with Crippen LogP contribution in [-0.2, 0) is 7.05 Å². The van der Waals surface area contributed by atoms with Crippen LogP contribution in [0.25, 0.3) is 28.3 Å². The average molecular weight is 433 g/mol. The Bertz CT molecular complexity index is 1640. The van der Waals surface area contributed by atoms with Crippen molar-refractivity contribution in [3.8, 4) is 17.7 Å². The summed E-state index contributed by atoms with van der Waals surface area (Å²) in [4.78, 5) is 22.6. The highest BCUT2D eigenvalue weighted by atomic mass is 16.5. The molecule has 0 aliphatic rings. The van der Waals surface area contributed by atoms with E-state index in [0.717, 1.165) is 16.6 Å². The topological polar surface area (TPSA) is 85.2 Å². The molecular formula is C26H19N5O2. The lowest BCUT2D eigenvalue weighted by Crippen LogP contribution is -2.18. The molecule has 3 heterocycles. The summed E-state index contributed by atoms with van der Waals surface area (Å²) in [5.74, 6) is 1.13. The predicted molar refractivity (Wildman–Crippen MR) is 127 cm³/mol. The summed E-state index contributed by atoms with van der Waals surface area (Å²) < 4.78 is 9.28. The zero-order valence-electron chi connectivity index (χ0n) is 18.1. The summed E-state index contributed by atoms with van der Waals surface area (Å²) in [6, 6.07) is 22.5. The van der Waals surface area contributed by atoms with Crippen LogP contribution in [0.15, 0.2) is 77.7 Å². The van der Waals surface area contributed by atoms with E-state index in [0.29, 0.717) is 17.2 Å². The normalized spacial score (nSPS) is 11.6. The number of nitrogens with zero attached hydrogens (tertiary/aromatic N) is 5. The Morgan fingerprint density at radius 3 is 2.55 bits per heavy atom. The third kappa shape index (κ3) is 3.64. The zero-order valence-corrected chi connectivity index (χ0v) is 18.1. The average Bonchev–Trinajstić information content (AvgIpc) is 3.17. The summed E-state index contributed by atoms with van der Waals surface area (Å²) >= 11 is 0. The van der Waals surface area contributed by atoms with Crippen LogP contribution >= 0.6 is 0 Å². The van der Waals surface area contributed by atoms with Crippen molar-refractivity contribution in [3.63, 3.8) is 0 Å². The van der Waals surface area contributed by atoms with E-state index in [1.807, 2.05) is 67.1 Å². The van der Waals surface area contributed by atoms with Crippen LogP contribution in [-0.4, -0.2) is 18.9 Å². The van der Waals surface area contributed by atoms with Gasteiger partial charge < -0.3 is 9.30 Å². The van der Waals surface area contributed by atoms with Gasteiger partial charge >= 0.3 is 0 Å². The minimum atomic E-state index is -0.339. The number of ether oxygens (including phenoxy) is 1. The Balaban J connectivity index is 1.72. The molecule has 0 fully saturated rings. The van der Waals surface area contributed by atoms with E-state index in [2.05, 4.69) is 16.0 Å². The van der Waals surface area contributed by atoms with Gasteiger partial charge in [-0.1, -0.05) is 35.9 Å². The van der Waals surface area contributed by atoms with Crippen LogP contribution in [0, 0.1) is 18.3 Å². The van der Waals surface area contributed by atoms with Crippen LogP contribution in [0.2, 0.25) is 0 Å². The number of fused-ring (bicyclic) bond motifs is 2. The van der Waals surface area contributed by atoms with Crippen LogP contribution in [0.5, 0.6) is 11.6 Å². The van der Waals surface area contributed by atoms with Crippen LogP contribution in [0.4, 0.5) is 0 Å². The number of hydrogen-bond acceptors (Lipinski definition) is 5. The van der Waals surface area contributed by atoms with E-state index < -0.39 is 0 Å². The molecule has 5 rings (SSSR count). The monoisotopic (exact) mass is 433 g/mol. The lowest BCUT2D eigenvalue weighted by atomic mass is 10.1. The third-order valence-electron chi connectivity index (χ3n) is 5.41. The number of aryl methyl sites for hydroxylation is 2. The van der Waals surface area contributed by atoms with E-state index in [4.69, 9.17) is 4.74 Å². The Kier molecular flexibility index (Phi) is 4.96. The second kappa shape index (κ2) is 8.09. The molecule has 0 saturated heterocycles. The quantitative estimate of drug-likeness (QED) is 0.382. The third-order valence-corrected chi connectivity index (χ3v) is 5.41. The molecule has 0 radical (unpaired) electrons. The predicted octanol–water partition coefficient (Wildman–Crippen LogP) is 4.75. The van der Waals surface area contributed by atoms with Crippen molar-refractivity contribution in [1.29, 1.82) is 5.26 Å². The van der Waals surface area contributed by atoms with E-state index in [1.54, 1.807) is 24.4 Å². The Labute approximate surface area is 189 Å². The molecule has 0 aliphatic carbocycles. The van der Waals surface area contributed by atoms with Crippen molar-refractivity contribution in [1.82, 2.24) is 18.9 Å². The maximum atomic E-state index is 13.4. The molecule has 0 aliphatic heterocycles. The Hall–Kier alpha value is -4.70. The number of allylic oxidation sites excluding steroid dienone is 1. The van der Waals surface area contributed by atoms with Gasteiger partial charge in [-0.25, -0.2) is 4.98 Å². The molecule has 0 atom stereocenters. The number of pyridine rings is 1. The van der Waals surface area contributed by atoms with Gasteiger partial charge in [0, 0.05) is 13.2 Å². The number of benzene rings is 2. The molecular weight excluding hydrogens is 414 g/mol. The molecule has 0 bridgehead atoms. The van der Waals surface area contributed by atoms with Crippen LogP contribution in [0.1, 0.15) is 17.0 Å². The first-order valence-electron chi connectivity index (χ1n) is 10.3. The summed E-state index contributed by atoms with van der Waals surface area (Å²) in [7, 11) is 1.84. The maximum Gasteiger partial charge on any atom is 0.269 e. The molecule has 160 valence electrons. The fourth-order valence-electron chi connectivity index (χ4n) is 3.68. The van der Waals surface area contributed by atoms with E-state index in [1.165, 1.54) is 10.5 Å². The van der Waals surface area contributed by atoms with E-state index in [-0.39, 0.29) is 22.6 Å². The first-order chi connectivity index (χ1) is 16.0. The fourth-order valence-corrected chi connectivity index (χ4v) is 3.68. The van der Waals surface area contributed by atoms with E-state index in [9.17, 15) is 10.1 Å². The molecule has 0 saturated carbocycles. The number of rotatable bonds is 4. The molecule has 5 aromatic rings. The first-order valence-corrected chi connectivity index (χ1v) is 10.3. The molecule has 33 heavy (non-hydrogen) atoms. The number of nitriles is 1. The largest absolute Gasteiger partial charge is 0.438 e. The number of aromatic nitrogens is 4. The van der Waals surface area contributed by atoms with Gasteiger partial charge in [-0.05, 0) is 49.4 Å². The van der Waals surface area contributed by atoms with Crippen molar-refractivity contribution in [3.05, 3.63) is 100 Å². The van der Waals surface area contributed by atoms with Gasteiger partial charge in [-0.3, -0.25) is 9.20 Å². The lowest BCUT2D eigenvalue weighted by molar-refractivity contribution is 0.461. The highest BCUT2D eigenvalue weighted by molar-refractivity contribution is 5.91. The highest BCUT2D eigenvalue weighted by Gasteiger charge is 2.18. The maximum absolute atomic E-state index is 13.4. The van der Waals surface area contributed by atoms with Crippen LogP contribution in [0.3, 0.4) is 0 Å². The Morgan fingerprint density at radius 2 is 1.79 bits per heavy atom. The smallest absolute Gasteiger partial charge is 0.269 e. The van der Waals surface area contributed by atoms with Crippen molar-refractivity contribution in [2.24, 2.45) is 7.05 Å². The summed E-state index contributed by atoms with van der Waals surface area (Å²) in [5, 5.41) is 9.96. The SMILES string of the molecule is Cc1ccc(Oc2nc3ccccn3c(=O)c2/C=C(\C#N)c2nc3ccccc3n2C)cc1. The summed E-state index contributed by atoms with van der Waals surface area (Å²) in [5.41, 5.74) is 3.25. The van der Waals surface area contributed by atoms with Gasteiger partial charge in [0.15, 0.2) is 5.82 Å². The highest BCUT2D eigenvalue weighted by Crippen LogP contribution is 2.27. The molecule has 0 unspecified atom stereocenters. The molecule has 7 heteroatoms. The van der Waals surface area contributed by atoms with Crippen molar-refractivity contribution in [2.75, 3.05) is 0 Å². The molecule has 0 N–H and O–H groups in total. The van der Waals surface area contributed by atoms with E-state index >= 15 is 0 Å². The van der Waals surface area contributed by atoms with Gasteiger partial charge in [-0.2, -0.15) is 10.2 Å². The minimum absolute atomic E-state index is 0.126. The molecule has 2 aromatic carbocycles. The number of imidazole rings is 1. The van der Waals surface area contributed by atoms with Gasteiger partial charge in [0.25, 0.3) is 5.56 Å². The second-order valence-corrected chi connectivity index (χ2v) is 7.63. The lowest BCUT2D eigenvalue weighted by Gasteiger charge is -2.10. The number of hydrogen-bond donors (Lipinski definition) is 0. The Morgan fingerprint density at radius 1 is 1.03 bits per heavy atom. The summed E-state index contributed by atoms with van der Waals surface area (Å²) in [6.45, 7) is 1.98. The van der Waals surface area contributed by atoms with Gasteiger partial charge in [0.05, 0.1) is 16.6 Å². The molecule has 0 spiro atoms. The molecule has 0 amide bonds. The van der Waals surface area contributed by atoms with Gasteiger partial charge in [0.1, 0.15) is 23.0 Å². The molecule has 7 nitrogen and oxygen atoms in total. The molecule has 3 aromatic heterocycles. The van der Waals surface area contributed by atoms with Crippen molar-refractivity contribution in [2.45, 2.75) is 6.92 Å². The van der Waals surface area contributed by atoms with Crippen molar-refractivity contribution < 1.29 is 4.74 Å². The van der Waals surface area contributed by atoms with Gasteiger partial charge in [-0.15, -0.1) is 0 Å².